The largest absolute Gasteiger partial charge is 0.199 e. The molecule has 1 aliphatic heterocycles. The predicted octanol–water partition coefficient (Wildman–Crippen LogP) is 3.56. The lowest BCUT2D eigenvalue weighted by Crippen LogP contribution is -2.24. The Morgan fingerprint density at radius 3 is 2.33 bits per heavy atom. The van der Waals surface area contributed by atoms with Crippen LogP contribution in [0.1, 0.15) is 25.3 Å². The van der Waals surface area contributed by atoms with Gasteiger partial charge in [0.2, 0.25) is 0 Å². The highest BCUT2D eigenvalue weighted by molar-refractivity contribution is 5.17. The summed E-state index contributed by atoms with van der Waals surface area (Å²) in [5, 5.41) is 15.6. The summed E-state index contributed by atoms with van der Waals surface area (Å²) in [5.74, 6) is 0. The summed E-state index contributed by atoms with van der Waals surface area (Å²) in [6, 6.07) is 10.2. The monoisotopic (exact) mass is 202 g/mol. The molecule has 0 unspecified atom stereocenters. The summed E-state index contributed by atoms with van der Waals surface area (Å²) in [7, 11) is 0. The van der Waals surface area contributed by atoms with E-state index < -0.39 is 5.66 Å². The maximum absolute atomic E-state index is 4.14. The number of nitrogens with zero attached hydrogens (tertiary/aromatic N) is 4. The Labute approximate surface area is 89.1 Å². The average molecular weight is 202 g/mol. The van der Waals surface area contributed by atoms with Gasteiger partial charge in [-0.25, -0.2) is 0 Å². The predicted molar refractivity (Wildman–Crippen MR) is 57.5 cm³/mol. The number of hydrogen-bond donors (Lipinski definition) is 0. The lowest BCUT2D eigenvalue weighted by Gasteiger charge is -2.18. The quantitative estimate of drug-likeness (QED) is 0.716. The van der Waals surface area contributed by atoms with Gasteiger partial charge in [-0.15, -0.1) is 10.2 Å². The van der Waals surface area contributed by atoms with E-state index in [1.807, 2.05) is 18.2 Å². The van der Waals surface area contributed by atoms with Gasteiger partial charge >= 0.3 is 0 Å². The minimum atomic E-state index is -0.434. The van der Waals surface area contributed by atoms with E-state index in [-0.39, 0.29) is 0 Å². The summed E-state index contributed by atoms with van der Waals surface area (Å²) in [5.41, 5.74) is 0.793. The summed E-state index contributed by atoms with van der Waals surface area (Å²) < 4.78 is 0. The van der Waals surface area contributed by atoms with Crippen LogP contribution in [0.4, 0.5) is 0 Å². The number of hydrogen-bond acceptors (Lipinski definition) is 4. The zero-order valence-corrected chi connectivity index (χ0v) is 8.80. The zero-order valence-electron chi connectivity index (χ0n) is 8.80. The van der Waals surface area contributed by atoms with Gasteiger partial charge in [0.25, 0.3) is 0 Å². The third-order valence-corrected chi connectivity index (χ3v) is 2.48. The Balaban J connectivity index is 2.15. The molecule has 15 heavy (non-hydrogen) atoms. The molecule has 0 saturated heterocycles. The third-order valence-electron chi connectivity index (χ3n) is 2.48. The lowest BCUT2D eigenvalue weighted by molar-refractivity contribution is 0.401. The molecule has 0 spiro atoms. The van der Waals surface area contributed by atoms with Crippen LogP contribution < -0.4 is 0 Å². The Kier molecular flexibility index (Phi) is 2.85. The summed E-state index contributed by atoms with van der Waals surface area (Å²) in [4.78, 5) is 0. The van der Waals surface area contributed by atoms with Gasteiger partial charge < -0.3 is 0 Å². The average Bonchev–Trinajstić information content (AvgIpc) is 2.69. The van der Waals surface area contributed by atoms with E-state index in [2.05, 4.69) is 39.7 Å². The van der Waals surface area contributed by atoms with Crippen molar-refractivity contribution in [2.24, 2.45) is 20.7 Å². The van der Waals surface area contributed by atoms with Crippen LogP contribution in [0.15, 0.2) is 51.0 Å². The highest BCUT2D eigenvalue weighted by atomic mass is 15.6. The van der Waals surface area contributed by atoms with Crippen molar-refractivity contribution >= 4 is 0 Å². The molecule has 0 fully saturated rings. The molecule has 0 amide bonds. The van der Waals surface area contributed by atoms with Crippen LogP contribution >= 0.6 is 0 Å². The van der Waals surface area contributed by atoms with Gasteiger partial charge in [-0.2, -0.15) is 0 Å². The van der Waals surface area contributed by atoms with E-state index in [1.54, 1.807) is 0 Å². The van der Waals surface area contributed by atoms with Gasteiger partial charge in [-0.1, -0.05) is 43.7 Å². The molecule has 0 atom stereocenters. The van der Waals surface area contributed by atoms with Crippen molar-refractivity contribution in [3.05, 3.63) is 35.9 Å². The van der Waals surface area contributed by atoms with Crippen molar-refractivity contribution in [2.45, 2.75) is 31.8 Å². The second kappa shape index (κ2) is 4.29. The van der Waals surface area contributed by atoms with Gasteiger partial charge in [0.1, 0.15) is 0 Å². The molecule has 0 aliphatic carbocycles. The highest BCUT2D eigenvalue weighted by Crippen LogP contribution is 2.29. The van der Waals surface area contributed by atoms with E-state index in [0.717, 1.165) is 19.3 Å². The third kappa shape index (κ3) is 2.26. The van der Waals surface area contributed by atoms with E-state index in [4.69, 9.17) is 0 Å². The van der Waals surface area contributed by atoms with Gasteiger partial charge in [-0.3, -0.25) is 0 Å². The first-order valence-electron chi connectivity index (χ1n) is 5.23. The van der Waals surface area contributed by atoms with Crippen molar-refractivity contribution in [1.29, 1.82) is 0 Å². The number of rotatable bonds is 4. The fourth-order valence-electron chi connectivity index (χ4n) is 1.81. The molecule has 4 heteroatoms. The molecule has 1 heterocycles. The van der Waals surface area contributed by atoms with Gasteiger partial charge in [0.15, 0.2) is 5.66 Å². The maximum Gasteiger partial charge on any atom is 0.199 e. The second-order valence-corrected chi connectivity index (χ2v) is 3.77. The molecule has 0 N–H and O–H groups in total. The Bertz CT molecular complexity index is 357. The van der Waals surface area contributed by atoms with Crippen LogP contribution in [0.3, 0.4) is 0 Å². The molecular weight excluding hydrogens is 188 g/mol. The zero-order chi connectivity index (χ0) is 10.6. The molecule has 1 aromatic rings. The van der Waals surface area contributed by atoms with Crippen molar-refractivity contribution < 1.29 is 0 Å². The van der Waals surface area contributed by atoms with Crippen molar-refractivity contribution in [3.8, 4) is 0 Å². The fourth-order valence-corrected chi connectivity index (χ4v) is 1.81. The van der Waals surface area contributed by atoms with Crippen LogP contribution in [0, 0.1) is 0 Å². The molecule has 1 aliphatic rings. The summed E-state index contributed by atoms with van der Waals surface area (Å²) in [6.45, 7) is 2.12. The van der Waals surface area contributed by atoms with E-state index >= 15 is 0 Å². The minimum Gasteiger partial charge on any atom is -0.134 e. The normalized spacial score (nSPS) is 17.1. The van der Waals surface area contributed by atoms with Crippen molar-refractivity contribution in [3.63, 3.8) is 0 Å². The molecule has 2 rings (SSSR count). The van der Waals surface area contributed by atoms with Gasteiger partial charge in [0, 0.05) is 6.42 Å². The summed E-state index contributed by atoms with van der Waals surface area (Å²) >= 11 is 0. The van der Waals surface area contributed by atoms with E-state index in [0.29, 0.717) is 0 Å². The molecule has 0 saturated carbocycles. The van der Waals surface area contributed by atoms with Gasteiger partial charge in [0.05, 0.1) is 0 Å². The molecule has 4 nitrogen and oxygen atoms in total. The van der Waals surface area contributed by atoms with E-state index in [1.165, 1.54) is 5.56 Å². The van der Waals surface area contributed by atoms with Crippen LogP contribution in [0.5, 0.6) is 0 Å². The molecular formula is C11H14N4. The number of benzene rings is 1. The SMILES string of the molecule is CCCC1(Cc2ccccc2)N=NN=N1. The molecule has 0 aromatic heterocycles. The van der Waals surface area contributed by atoms with Crippen molar-refractivity contribution in [2.75, 3.05) is 0 Å². The first kappa shape index (κ1) is 9.96. The Hall–Kier alpha value is -1.58. The van der Waals surface area contributed by atoms with Crippen molar-refractivity contribution in [1.82, 2.24) is 0 Å². The smallest absolute Gasteiger partial charge is 0.134 e. The molecule has 78 valence electrons. The molecule has 0 radical (unpaired) electrons. The summed E-state index contributed by atoms with van der Waals surface area (Å²) in [6.07, 6.45) is 2.72. The Morgan fingerprint density at radius 2 is 1.73 bits per heavy atom. The fraction of sp³-hybridized carbons (Fsp3) is 0.455. The van der Waals surface area contributed by atoms with Gasteiger partial charge in [-0.05, 0) is 22.4 Å². The molecule has 1 aromatic carbocycles. The standard InChI is InChI=1S/C11H14N4/c1-2-8-11(12-14-15-13-11)9-10-6-4-3-5-7-10/h3-7H,2,8-9H2,1H3. The van der Waals surface area contributed by atoms with E-state index in [9.17, 15) is 0 Å². The first-order valence-corrected chi connectivity index (χ1v) is 5.23. The Morgan fingerprint density at radius 1 is 1.07 bits per heavy atom. The van der Waals surface area contributed by atoms with Crippen LogP contribution in [0.25, 0.3) is 0 Å². The minimum absolute atomic E-state index is 0.434. The second-order valence-electron chi connectivity index (χ2n) is 3.77. The lowest BCUT2D eigenvalue weighted by atomic mass is 9.97. The first-order chi connectivity index (χ1) is 7.35. The molecule has 0 bridgehead atoms. The maximum atomic E-state index is 4.14. The van der Waals surface area contributed by atoms with Crippen LogP contribution in [-0.2, 0) is 6.42 Å². The van der Waals surface area contributed by atoms with Crippen LogP contribution in [-0.4, -0.2) is 5.66 Å². The highest BCUT2D eigenvalue weighted by Gasteiger charge is 2.32. The van der Waals surface area contributed by atoms with Crippen LogP contribution in [0.2, 0.25) is 0 Å². The topological polar surface area (TPSA) is 49.4 Å².